The second kappa shape index (κ2) is 9.12. The van der Waals surface area contributed by atoms with Gasteiger partial charge in [-0.2, -0.15) is 36.5 Å². The van der Waals surface area contributed by atoms with Crippen LogP contribution >= 0.6 is 23.2 Å². The Morgan fingerprint density at radius 3 is 2.09 bits per heavy atom. The quantitative estimate of drug-likeness (QED) is 0.395. The van der Waals surface area contributed by atoms with Gasteiger partial charge in [0.25, 0.3) is 0 Å². The summed E-state index contributed by atoms with van der Waals surface area (Å²) in [7, 11) is 0. The highest BCUT2D eigenvalue weighted by Crippen LogP contribution is 2.46. The second-order valence-corrected chi connectivity index (χ2v) is 8.22. The van der Waals surface area contributed by atoms with Crippen molar-refractivity contribution >= 4 is 29.1 Å². The Kier molecular flexibility index (Phi) is 7.04. The van der Waals surface area contributed by atoms with Crippen molar-refractivity contribution < 1.29 is 31.1 Å². The van der Waals surface area contributed by atoms with Gasteiger partial charge in [-0.05, 0) is 26.2 Å². The van der Waals surface area contributed by atoms with Crippen LogP contribution in [-0.4, -0.2) is 32.0 Å². The molecule has 14 heteroatoms. The number of rotatable bonds is 8. The predicted octanol–water partition coefficient (Wildman–Crippen LogP) is 5.21. The van der Waals surface area contributed by atoms with Gasteiger partial charge in [0.05, 0.1) is 28.0 Å². The molecule has 0 bridgehead atoms. The fourth-order valence-corrected chi connectivity index (χ4v) is 3.87. The van der Waals surface area contributed by atoms with Crippen LogP contribution in [0.25, 0.3) is 0 Å². The maximum atomic E-state index is 13.1. The number of amides is 1. The number of halogens is 8. The molecule has 2 aromatic heterocycles. The molecule has 0 aliphatic heterocycles. The van der Waals surface area contributed by atoms with E-state index in [2.05, 4.69) is 15.5 Å². The topological polar surface area (TPSA) is 64.7 Å². The summed E-state index contributed by atoms with van der Waals surface area (Å²) >= 11 is 11.6. The molecule has 1 fully saturated rings. The number of alkyl halides is 6. The van der Waals surface area contributed by atoms with Gasteiger partial charge in [0, 0.05) is 25.4 Å². The lowest BCUT2D eigenvalue weighted by Gasteiger charge is -2.09. The molecule has 2 aromatic rings. The average molecular weight is 506 g/mol. The van der Waals surface area contributed by atoms with Crippen LogP contribution in [0.1, 0.15) is 54.4 Å². The van der Waals surface area contributed by atoms with Crippen molar-refractivity contribution in [1.29, 1.82) is 0 Å². The molecule has 2 heterocycles. The fraction of sp³-hybridized carbons (Fsp3) is 0.611. The highest BCUT2D eigenvalue weighted by atomic mass is 35.5. The molecule has 3 rings (SSSR count). The first kappa shape index (κ1) is 24.7. The van der Waals surface area contributed by atoms with Gasteiger partial charge in [0.1, 0.15) is 0 Å². The first-order chi connectivity index (χ1) is 14.8. The molecule has 178 valence electrons. The summed E-state index contributed by atoms with van der Waals surface area (Å²) in [5, 5.41) is 8.71. The van der Waals surface area contributed by atoms with Gasteiger partial charge in [-0.3, -0.25) is 14.2 Å². The van der Waals surface area contributed by atoms with Crippen LogP contribution in [0.15, 0.2) is 0 Å². The molecule has 0 unspecified atom stereocenters. The lowest BCUT2D eigenvalue weighted by molar-refractivity contribution is -0.142. The maximum Gasteiger partial charge on any atom is 0.436 e. The molecule has 1 saturated carbocycles. The summed E-state index contributed by atoms with van der Waals surface area (Å²) in [5.41, 5.74) is -1.87. The van der Waals surface area contributed by atoms with Gasteiger partial charge in [-0.1, -0.05) is 23.2 Å². The van der Waals surface area contributed by atoms with Gasteiger partial charge in [0.2, 0.25) is 5.91 Å². The summed E-state index contributed by atoms with van der Waals surface area (Å²) in [6.45, 7) is 1.53. The number of carbonyl (C=O) groups is 1. The average Bonchev–Trinajstić information content (AvgIpc) is 3.38. The maximum absolute atomic E-state index is 13.1. The zero-order valence-corrected chi connectivity index (χ0v) is 18.3. The number of aromatic nitrogens is 4. The zero-order valence-electron chi connectivity index (χ0n) is 16.7. The largest absolute Gasteiger partial charge is 0.436 e. The number of hydrogen-bond donors (Lipinski definition) is 1. The molecule has 32 heavy (non-hydrogen) atoms. The van der Waals surface area contributed by atoms with Crippen molar-refractivity contribution in [3.63, 3.8) is 0 Å². The first-order valence-corrected chi connectivity index (χ1v) is 10.5. The lowest BCUT2D eigenvalue weighted by atomic mass is 10.2. The Balaban J connectivity index is 1.50. The Morgan fingerprint density at radius 2 is 1.56 bits per heavy atom. The van der Waals surface area contributed by atoms with Crippen LogP contribution in [0.3, 0.4) is 0 Å². The second-order valence-electron chi connectivity index (χ2n) is 7.47. The van der Waals surface area contributed by atoms with E-state index in [0.29, 0.717) is 12.1 Å². The number of nitrogens with zero attached hydrogens (tertiary/aromatic N) is 4. The van der Waals surface area contributed by atoms with Gasteiger partial charge in [-0.15, -0.1) is 0 Å². The summed E-state index contributed by atoms with van der Waals surface area (Å²) < 4.78 is 80.0. The van der Waals surface area contributed by atoms with Crippen molar-refractivity contribution in [2.45, 2.75) is 64.0 Å². The van der Waals surface area contributed by atoms with Crippen LogP contribution in [0.2, 0.25) is 10.0 Å². The van der Waals surface area contributed by atoms with Crippen LogP contribution in [0.5, 0.6) is 0 Å². The molecule has 0 radical (unpaired) electrons. The van der Waals surface area contributed by atoms with E-state index >= 15 is 0 Å². The van der Waals surface area contributed by atoms with Gasteiger partial charge in [0.15, 0.2) is 11.4 Å². The number of aryl methyl sites for hydroxylation is 2. The summed E-state index contributed by atoms with van der Waals surface area (Å²) in [5.74, 6) is -0.493. The Labute approximate surface area is 188 Å². The third kappa shape index (κ3) is 5.51. The fourth-order valence-electron chi connectivity index (χ4n) is 3.23. The van der Waals surface area contributed by atoms with Crippen LogP contribution in [0, 0.1) is 6.92 Å². The normalized spacial score (nSPS) is 14.8. The van der Waals surface area contributed by atoms with Gasteiger partial charge < -0.3 is 5.32 Å². The van der Waals surface area contributed by atoms with Crippen LogP contribution in [0.4, 0.5) is 26.3 Å². The number of carbonyl (C=O) groups excluding carboxylic acids is 1. The van der Waals surface area contributed by atoms with Crippen molar-refractivity contribution in [3.8, 4) is 0 Å². The minimum Gasteiger partial charge on any atom is -0.356 e. The van der Waals surface area contributed by atoms with Crippen molar-refractivity contribution in [2.75, 3.05) is 6.54 Å². The van der Waals surface area contributed by atoms with E-state index in [-0.39, 0.29) is 42.7 Å². The smallest absolute Gasteiger partial charge is 0.356 e. The predicted molar refractivity (Wildman–Crippen MR) is 103 cm³/mol. The highest BCUT2D eigenvalue weighted by Gasteiger charge is 2.42. The molecule has 6 nitrogen and oxygen atoms in total. The molecule has 1 amide bonds. The van der Waals surface area contributed by atoms with E-state index in [9.17, 15) is 31.1 Å². The minimum absolute atomic E-state index is 0.0496. The van der Waals surface area contributed by atoms with E-state index in [1.807, 2.05) is 0 Å². The molecule has 0 aromatic carbocycles. The zero-order chi connectivity index (χ0) is 23.8. The third-order valence-electron chi connectivity index (χ3n) is 4.99. The Morgan fingerprint density at radius 1 is 1.00 bits per heavy atom. The van der Waals surface area contributed by atoms with Crippen molar-refractivity contribution in [2.24, 2.45) is 0 Å². The van der Waals surface area contributed by atoms with Crippen molar-refractivity contribution in [3.05, 3.63) is 32.8 Å². The van der Waals surface area contributed by atoms with E-state index in [0.717, 1.165) is 17.5 Å². The standard InChI is InChI=1S/C18H19Cl2F6N5O/c1-9-12(19)15(17(21,22)23)28-30(9)8-5-11(32)27-6-2-7-31-14(10-3-4-10)13(20)16(29-31)18(24,25)26/h10H,2-8H2,1H3,(H,27,32). The van der Waals surface area contributed by atoms with Crippen molar-refractivity contribution in [1.82, 2.24) is 24.9 Å². The molecule has 1 aliphatic rings. The first-order valence-electron chi connectivity index (χ1n) is 9.71. The van der Waals surface area contributed by atoms with Crippen LogP contribution < -0.4 is 5.32 Å². The van der Waals surface area contributed by atoms with E-state index < -0.39 is 34.7 Å². The molecule has 1 N–H and O–H groups in total. The molecule has 0 saturated heterocycles. The van der Waals surface area contributed by atoms with Crippen LogP contribution in [-0.2, 0) is 30.2 Å². The minimum atomic E-state index is -4.70. The monoisotopic (exact) mass is 505 g/mol. The molecule has 1 aliphatic carbocycles. The molecule has 0 spiro atoms. The summed E-state index contributed by atoms with van der Waals surface area (Å²) in [6.07, 6.45) is -7.71. The van der Waals surface area contributed by atoms with Gasteiger partial charge in [-0.25, -0.2) is 0 Å². The molecular formula is C18H19Cl2F6N5O. The summed E-state index contributed by atoms with van der Waals surface area (Å²) in [6, 6.07) is 0. The third-order valence-corrected chi connectivity index (χ3v) is 5.81. The lowest BCUT2D eigenvalue weighted by Crippen LogP contribution is -2.26. The SMILES string of the molecule is Cc1c(Cl)c(C(F)(F)F)nn1CCC(=O)NCCCn1nc(C(F)(F)F)c(Cl)c1C1CC1. The number of nitrogens with one attached hydrogen (secondary N) is 1. The van der Waals surface area contributed by atoms with E-state index in [1.54, 1.807) is 0 Å². The van der Waals surface area contributed by atoms with Gasteiger partial charge >= 0.3 is 12.4 Å². The Hall–Kier alpha value is -1.95. The number of hydrogen-bond acceptors (Lipinski definition) is 3. The highest BCUT2D eigenvalue weighted by molar-refractivity contribution is 6.32. The summed E-state index contributed by atoms with van der Waals surface area (Å²) in [4.78, 5) is 12.0. The van der Waals surface area contributed by atoms with E-state index in [1.165, 1.54) is 11.6 Å². The van der Waals surface area contributed by atoms with E-state index in [4.69, 9.17) is 23.2 Å². The molecule has 0 atom stereocenters. The Bertz CT molecular complexity index is 994. The molecular weight excluding hydrogens is 487 g/mol.